The monoisotopic (exact) mass is 171 g/mol. The van der Waals surface area contributed by atoms with Crippen LogP contribution < -0.4 is 5.73 Å². The molecule has 1 fully saturated rings. The number of hydrogen-bond donors (Lipinski definition) is 1. The molecule has 0 aromatic rings. The normalized spacial score (nSPS) is 17.8. The molecule has 12 heavy (non-hydrogen) atoms. The predicted molar refractivity (Wildman–Crippen MR) is 43.4 cm³/mol. The van der Waals surface area contributed by atoms with E-state index in [1.807, 2.05) is 0 Å². The molecule has 0 unspecified atom stereocenters. The summed E-state index contributed by atoms with van der Waals surface area (Å²) in [5.74, 6) is -0.129. The van der Waals surface area contributed by atoms with Crippen LogP contribution in [0.4, 0.5) is 4.79 Å². The van der Waals surface area contributed by atoms with E-state index >= 15 is 0 Å². The summed E-state index contributed by atoms with van der Waals surface area (Å²) in [4.78, 5) is 25.0. The van der Waals surface area contributed by atoms with Crippen molar-refractivity contribution in [2.45, 2.75) is 6.42 Å². The number of hydrogen-bond acceptors (Lipinski definition) is 3. The van der Waals surface area contributed by atoms with Crippen molar-refractivity contribution in [1.29, 1.82) is 0 Å². The van der Waals surface area contributed by atoms with Crippen LogP contribution in [0.5, 0.6) is 0 Å². The van der Waals surface area contributed by atoms with Gasteiger partial charge in [0.15, 0.2) is 0 Å². The molecule has 0 radical (unpaired) electrons. The third-order valence-corrected chi connectivity index (χ3v) is 1.82. The number of urea groups is 1. The van der Waals surface area contributed by atoms with Crippen molar-refractivity contribution in [3.63, 3.8) is 0 Å². The van der Waals surface area contributed by atoms with Crippen LogP contribution in [0.25, 0.3) is 0 Å². The Bertz CT molecular complexity index is 205. The Morgan fingerprint density at radius 2 is 2.17 bits per heavy atom. The summed E-state index contributed by atoms with van der Waals surface area (Å²) in [7, 11) is 1.61. The molecule has 1 heterocycles. The van der Waals surface area contributed by atoms with Gasteiger partial charge in [0, 0.05) is 13.6 Å². The van der Waals surface area contributed by atoms with Gasteiger partial charge in [0.2, 0.25) is 5.91 Å². The number of nitrogens with zero attached hydrogens (tertiary/aromatic N) is 2. The molecule has 1 aliphatic rings. The third kappa shape index (κ3) is 1.55. The second-order valence-corrected chi connectivity index (χ2v) is 2.83. The van der Waals surface area contributed by atoms with Crippen LogP contribution in [0.15, 0.2) is 0 Å². The lowest BCUT2D eigenvalue weighted by Gasteiger charge is -2.12. The molecule has 2 N–H and O–H groups in total. The molecule has 68 valence electrons. The first kappa shape index (κ1) is 8.99. The van der Waals surface area contributed by atoms with E-state index in [0.717, 1.165) is 0 Å². The predicted octanol–water partition coefficient (Wildman–Crippen LogP) is -0.771. The van der Waals surface area contributed by atoms with Crippen LogP contribution in [0.2, 0.25) is 0 Å². The maximum absolute atomic E-state index is 11.2. The Kier molecular flexibility index (Phi) is 2.65. The number of carbonyl (C=O) groups excluding carboxylic acids is 2. The minimum Gasteiger partial charge on any atom is -0.330 e. The van der Waals surface area contributed by atoms with Gasteiger partial charge in [-0.1, -0.05) is 0 Å². The van der Waals surface area contributed by atoms with E-state index in [-0.39, 0.29) is 18.5 Å². The van der Waals surface area contributed by atoms with Crippen LogP contribution in [0.1, 0.15) is 6.42 Å². The molecule has 0 bridgehead atoms. The van der Waals surface area contributed by atoms with E-state index < -0.39 is 0 Å². The summed E-state index contributed by atoms with van der Waals surface area (Å²) in [6.45, 7) is 1.14. The summed E-state index contributed by atoms with van der Waals surface area (Å²) in [5.41, 5.74) is 5.27. The summed E-state index contributed by atoms with van der Waals surface area (Å²) < 4.78 is 0. The largest absolute Gasteiger partial charge is 0.330 e. The lowest BCUT2D eigenvalue weighted by atomic mass is 10.4. The van der Waals surface area contributed by atoms with Crippen LogP contribution in [-0.2, 0) is 4.79 Å². The van der Waals surface area contributed by atoms with E-state index in [0.29, 0.717) is 19.5 Å². The fourth-order valence-electron chi connectivity index (χ4n) is 1.14. The number of amides is 3. The van der Waals surface area contributed by atoms with Crippen molar-refractivity contribution in [3.05, 3.63) is 0 Å². The molecule has 0 saturated carbocycles. The number of nitrogens with two attached hydrogens (primary N) is 1. The maximum atomic E-state index is 11.2. The Morgan fingerprint density at radius 1 is 1.50 bits per heavy atom. The zero-order chi connectivity index (χ0) is 9.14. The molecular weight excluding hydrogens is 158 g/mol. The van der Waals surface area contributed by atoms with Gasteiger partial charge in [-0.2, -0.15) is 0 Å². The molecule has 5 heteroatoms. The van der Waals surface area contributed by atoms with Gasteiger partial charge in [0.1, 0.15) is 6.54 Å². The van der Waals surface area contributed by atoms with Gasteiger partial charge < -0.3 is 10.6 Å². The molecule has 0 aliphatic carbocycles. The SMILES string of the molecule is CN1CC(=O)N(CCCN)C1=O. The Hall–Kier alpha value is -1.10. The minimum atomic E-state index is -0.214. The van der Waals surface area contributed by atoms with Gasteiger partial charge in [-0.3, -0.25) is 9.69 Å². The van der Waals surface area contributed by atoms with Crippen LogP contribution >= 0.6 is 0 Å². The van der Waals surface area contributed by atoms with Gasteiger partial charge in [0.25, 0.3) is 0 Å². The van der Waals surface area contributed by atoms with Crippen molar-refractivity contribution >= 4 is 11.9 Å². The van der Waals surface area contributed by atoms with E-state index in [1.54, 1.807) is 7.05 Å². The Labute approximate surface area is 71.1 Å². The highest BCUT2D eigenvalue weighted by atomic mass is 16.2. The fraction of sp³-hybridized carbons (Fsp3) is 0.714. The quantitative estimate of drug-likeness (QED) is 0.567. The van der Waals surface area contributed by atoms with Crippen molar-refractivity contribution < 1.29 is 9.59 Å². The highest BCUT2D eigenvalue weighted by Gasteiger charge is 2.32. The zero-order valence-electron chi connectivity index (χ0n) is 7.12. The molecule has 0 atom stereocenters. The van der Waals surface area contributed by atoms with Crippen molar-refractivity contribution in [3.8, 4) is 0 Å². The third-order valence-electron chi connectivity index (χ3n) is 1.82. The molecule has 1 aliphatic heterocycles. The van der Waals surface area contributed by atoms with Gasteiger partial charge in [0.05, 0.1) is 0 Å². The number of likely N-dealkylation sites (N-methyl/N-ethyl adjacent to an activating group) is 1. The second-order valence-electron chi connectivity index (χ2n) is 2.83. The van der Waals surface area contributed by atoms with E-state index in [4.69, 9.17) is 5.73 Å². The molecule has 1 saturated heterocycles. The molecule has 3 amide bonds. The summed E-state index contributed by atoms with van der Waals surface area (Å²) >= 11 is 0. The number of imide groups is 1. The molecule has 1 rings (SSSR count). The summed E-state index contributed by atoms with van der Waals surface area (Å²) in [5, 5.41) is 0. The first-order valence-corrected chi connectivity index (χ1v) is 3.92. The van der Waals surface area contributed by atoms with Gasteiger partial charge in [-0.05, 0) is 13.0 Å². The number of rotatable bonds is 3. The second kappa shape index (κ2) is 3.53. The zero-order valence-corrected chi connectivity index (χ0v) is 7.12. The van der Waals surface area contributed by atoms with Crippen molar-refractivity contribution in [1.82, 2.24) is 9.80 Å². The van der Waals surface area contributed by atoms with Crippen LogP contribution in [0.3, 0.4) is 0 Å². The van der Waals surface area contributed by atoms with E-state index in [9.17, 15) is 9.59 Å². The average Bonchev–Trinajstić information content (AvgIpc) is 2.25. The van der Waals surface area contributed by atoms with E-state index in [1.165, 1.54) is 9.80 Å². The maximum Gasteiger partial charge on any atom is 0.326 e. The van der Waals surface area contributed by atoms with Crippen molar-refractivity contribution in [2.24, 2.45) is 5.73 Å². The Balaban J connectivity index is 2.52. The topological polar surface area (TPSA) is 66.6 Å². The highest BCUT2D eigenvalue weighted by Crippen LogP contribution is 2.07. The van der Waals surface area contributed by atoms with Gasteiger partial charge in [-0.15, -0.1) is 0 Å². The number of carbonyl (C=O) groups is 2. The Morgan fingerprint density at radius 3 is 2.58 bits per heavy atom. The summed E-state index contributed by atoms with van der Waals surface area (Å²) in [6, 6.07) is -0.214. The lowest BCUT2D eigenvalue weighted by Crippen LogP contribution is -2.33. The van der Waals surface area contributed by atoms with Gasteiger partial charge in [-0.25, -0.2) is 4.79 Å². The first-order chi connectivity index (χ1) is 5.66. The minimum absolute atomic E-state index is 0.129. The molecular formula is C7H13N3O2. The van der Waals surface area contributed by atoms with Gasteiger partial charge >= 0.3 is 6.03 Å². The lowest BCUT2D eigenvalue weighted by molar-refractivity contribution is -0.125. The molecule has 5 nitrogen and oxygen atoms in total. The average molecular weight is 171 g/mol. The van der Waals surface area contributed by atoms with Crippen LogP contribution in [-0.4, -0.2) is 48.4 Å². The van der Waals surface area contributed by atoms with Crippen LogP contribution in [0, 0.1) is 0 Å². The first-order valence-electron chi connectivity index (χ1n) is 3.92. The fourth-order valence-corrected chi connectivity index (χ4v) is 1.14. The molecule has 0 aromatic heterocycles. The van der Waals surface area contributed by atoms with Crippen molar-refractivity contribution in [2.75, 3.05) is 26.7 Å². The standard InChI is InChI=1S/C7H13N3O2/c1-9-5-6(11)10(7(9)12)4-2-3-8/h2-5,8H2,1H3. The molecule has 0 aromatic carbocycles. The highest BCUT2D eigenvalue weighted by molar-refractivity contribution is 6.01. The van der Waals surface area contributed by atoms with E-state index in [2.05, 4.69) is 0 Å². The summed E-state index contributed by atoms with van der Waals surface area (Å²) in [6.07, 6.45) is 0.672. The smallest absolute Gasteiger partial charge is 0.326 e. The molecule has 0 spiro atoms.